The molecule has 7 heteroatoms. The molecule has 0 bridgehead atoms. The van der Waals surface area contributed by atoms with Crippen LogP contribution in [0.1, 0.15) is 10.5 Å². The summed E-state index contributed by atoms with van der Waals surface area (Å²) in [5.74, 6) is -1.67. The van der Waals surface area contributed by atoms with Crippen molar-refractivity contribution in [1.29, 1.82) is 0 Å². The van der Waals surface area contributed by atoms with Gasteiger partial charge in [-0.3, -0.25) is 14.6 Å². The Labute approximate surface area is 85.3 Å². The van der Waals surface area contributed by atoms with Crippen LogP contribution in [0, 0.1) is 0 Å². The van der Waals surface area contributed by atoms with Gasteiger partial charge in [-0.1, -0.05) is 0 Å². The number of amides is 1. The highest BCUT2D eigenvalue weighted by Gasteiger charge is 2.13. The van der Waals surface area contributed by atoms with Crippen LogP contribution in [0.15, 0.2) is 18.6 Å². The molecule has 15 heavy (non-hydrogen) atoms. The maximum absolute atomic E-state index is 11.3. The predicted molar refractivity (Wildman–Crippen MR) is 50.0 cm³/mol. The van der Waals surface area contributed by atoms with Crippen LogP contribution < -0.4 is 11.1 Å². The monoisotopic (exact) mass is 210 g/mol. The van der Waals surface area contributed by atoms with Gasteiger partial charge in [-0.15, -0.1) is 0 Å². The summed E-state index contributed by atoms with van der Waals surface area (Å²) in [7, 11) is 0. The highest BCUT2D eigenvalue weighted by atomic mass is 16.4. The molecule has 1 rings (SSSR count). The number of aliphatic carboxylic acids is 1. The van der Waals surface area contributed by atoms with Crippen molar-refractivity contribution in [3.63, 3.8) is 0 Å². The number of nitrogens with one attached hydrogen (secondary N) is 1. The molecule has 0 unspecified atom stereocenters. The first kappa shape index (κ1) is 11.1. The molecule has 1 atom stereocenters. The number of carboxylic acid groups (broad SMARTS) is 1. The molecular formula is C8H10N4O3. The minimum Gasteiger partial charge on any atom is -0.480 e. The fraction of sp³-hybridized carbons (Fsp3) is 0.250. The molecule has 0 spiro atoms. The Morgan fingerprint density at radius 1 is 1.53 bits per heavy atom. The number of hydrogen-bond donors (Lipinski definition) is 3. The van der Waals surface area contributed by atoms with Gasteiger partial charge in [-0.05, 0) is 0 Å². The van der Waals surface area contributed by atoms with Crippen LogP contribution in [0.4, 0.5) is 0 Å². The first-order valence-corrected chi connectivity index (χ1v) is 4.14. The fourth-order valence-corrected chi connectivity index (χ4v) is 0.797. The van der Waals surface area contributed by atoms with Crippen LogP contribution >= 0.6 is 0 Å². The summed E-state index contributed by atoms with van der Waals surface area (Å²) in [6, 6.07) is -1.12. The molecule has 7 nitrogen and oxygen atoms in total. The highest BCUT2D eigenvalue weighted by Crippen LogP contribution is 1.89. The highest BCUT2D eigenvalue weighted by molar-refractivity contribution is 5.92. The summed E-state index contributed by atoms with van der Waals surface area (Å²) in [5.41, 5.74) is 5.31. The maximum Gasteiger partial charge on any atom is 0.322 e. The van der Waals surface area contributed by atoms with Gasteiger partial charge in [0.2, 0.25) is 0 Å². The zero-order valence-corrected chi connectivity index (χ0v) is 7.75. The van der Waals surface area contributed by atoms with Crippen LogP contribution in [0.25, 0.3) is 0 Å². The van der Waals surface area contributed by atoms with Gasteiger partial charge in [0.05, 0.1) is 6.20 Å². The smallest absolute Gasteiger partial charge is 0.322 e. The van der Waals surface area contributed by atoms with Crippen molar-refractivity contribution in [2.24, 2.45) is 5.73 Å². The summed E-state index contributed by atoms with van der Waals surface area (Å²) in [5, 5.41) is 10.8. The topological polar surface area (TPSA) is 118 Å². The van der Waals surface area contributed by atoms with Crippen molar-refractivity contribution >= 4 is 11.9 Å². The third kappa shape index (κ3) is 3.31. The molecule has 0 radical (unpaired) electrons. The second-order valence-electron chi connectivity index (χ2n) is 2.75. The SMILES string of the molecule is N[C@@H](CNC(=O)c1cnccn1)C(=O)O. The number of carbonyl (C=O) groups is 2. The van der Waals surface area contributed by atoms with Gasteiger partial charge in [0.1, 0.15) is 11.7 Å². The minimum atomic E-state index is -1.17. The van der Waals surface area contributed by atoms with E-state index in [4.69, 9.17) is 10.8 Å². The minimum absolute atomic E-state index is 0.120. The van der Waals surface area contributed by atoms with Gasteiger partial charge in [-0.25, -0.2) is 4.98 Å². The van der Waals surface area contributed by atoms with E-state index in [1.54, 1.807) is 0 Å². The number of hydrogen-bond acceptors (Lipinski definition) is 5. The lowest BCUT2D eigenvalue weighted by atomic mass is 10.3. The van der Waals surface area contributed by atoms with Gasteiger partial charge >= 0.3 is 5.97 Å². The van der Waals surface area contributed by atoms with Crippen molar-refractivity contribution in [3.8, 4) is 0 Å². The van der Waals surface area contributed by atoms with Crippen LogP contribution in [0.2, 0.25) is 0 Å². The van der Waals surface area contributed by atoms with E-state index in [9.17, 15) is 9.59 Å². The van der Waals surface area contributed by atoms with Gasteiger partial charge in [-0.2, -0.15) is 0 Å². The third-order valence-electron chi connectivity index (χ3n) is 1.60. The van der Waals surface area contributed by atoms with E-state index >= 15 is 0 Å². The average Bonchev–Trinajstić information content (AvgIpc) is 2.26. The number of aromatic nitrogens is 2. The lowest BCUT2D eigenvalue weighted by Gasteiger charge is -2.07. The Kier molecular flexibility index (Phi) is 3.69. The molecule has 0 aliphatic rings. The molecule has 0 aliphatic heterocycles. The molecule has 80 valence electrons. The molecule has 0 saturated heterocycles. The summed E-state index contributed by atoms with van der Waals surface area (Å²) in [4.78, 5) is 29.1. The molecule has 1 heterocycles. The van der Waals surface area contributed by atoms with Gasteiger partial charge in [0.25, 0.3) is 5.91 Å². The number of carbonyl (C=O) groups excluding carboxylic acids is 1. The van der Waals surface area contributed by atoms with Gasteiger partial charge in [0, 0.05) is 18.9 Å². The standard InChI is InChI=1S/C8H10N4O3/c9-5(8(14)15)3-12-7(13)6-4-10-1-2-11-6/h1-2,4-5H,3,9H2,(H,12,13)(H,14,15)/t5-/m0/s1. The average molecular weight is 210 g/mol. The van der Waals surface area contributed by atoms with E-state index in [2.05, 4.69) is 15.3 Å². The van der Waals surface area contributed by atoms with E-state index in [-0.39, 0.29) is 12.2 Å². The fourth-order valence-electron chi connectivity index (χ4n) is 0.797. The summed E-state index contributed by atoms with van der Waals surface area (Å²) < 4.78 is 0. The zero-order chi connectivity index (χ0) is 11.3. The molecule has 0 aliphatic carbocycles. The number of rotatable bonds is 4. The van der Waals surface area contributed by atoms with Crippen molar-refractivity contribution in [1.82, 2.24) is 15.3 Å². The predicted octanol–water partition coefficient (Wildman–Crippen LogP) is -1.38. The molecule has 1 amide bonds. The van der Waals surface area contributed by atoms with Crippen molar-refractivity contribution < 1.29 is 14.7 Å². The number of nitrogens with two attached hydrogens (primary N) is 1. The van der Waals surface area contributed by atoms with E-state index < -0.39 is 17.9 Å². The lowest BCUT2D eigenvalue weighted by molar-refractivity contribution is -0.138. The molecular weight excluding hydrogens is 200 g/mol. The lowest BCUT2D eigenvalue weighted by Crippen LogP contribution is -2.42. The molecule has 0 aromatic carbocycles. The molecule has 0 fully saturated rings. The van der Waals surface area contributed by atoms with Crippen molar-refractivity contribution in [3.05, 3.63) is 24.3 Å². The van der Waals surface area contributed by atoms with E-state index in [0.717, 1.165) is 0 Å². The Morgan fingerprint density at radius 2 is 2.27 bits per heavy atom. The summed E-state index contributed by atoms with van der Waals surface area (Å²) >= 11 is 0. The van der Waals surface area contributed by atoms with Crippen LogP contribution in [0.3, 0.4) is 0 Å². The van der Waals surface area contributed by atoms with E-state index in [1.165, 1.54) is 18.6 Å². The zero-order valence-electron chi connectivity index (χ0n) is 7.75. The van der Waals surface area contributed by atoms with Gasteiger partial charge in [0.15, 0.2) is 0 Å². The Bertz CT molecular complexity index is 354. The van der Waals surface area contributed by atoms with Gasteiger partial charge < -0.3 is 16.2 Å². The Hall–Kier alpha value is -2.02. The maximum atomic E-state index is 11.3. The van der Waals surface area contributed by atoms with E-state index in [0.29, 0.717) is 0 Å². The van der Waals surface area contributed by atoms with Crippen LogP contribution in [-0.2, 0) is 4.79 Å². The van der Waals surface area contributed by atoms with Crippen molar-refractivity contribution in [2.45, 2.75) is 6.04 Å². The third-order valence-corrected chi connectivity index (χ3v) is 1.60. The molecule has 1 aromatic rings. The van der Waals surface area contributed by atoms with Crippen LogP contribution in [-0.4, -0.2) is 39.5 Å². The number of nitrogens with zero attached hydrogens (tertiary/aromatic N) is 2. The Morgan fingerprint density at radius 3 is 2.80 bits per heavy atom. The second-order valence-corrected chi connectivity index (χ2v) is 2.75. The van der Waals surface area contributed by atoms with Crippen molar-refractivity contribution in [2.75, 3.05) is 6.54 Å². The molecule has 4 N–H and O–H groups in total. The first-order chi connectivity index (χ1) is 7.11. The quantitative estimate of drug-likeness (QED) is 0.563. The first-order valence-electron chi connectivity index (χ1n) is 4.14. The molecule has 0 saturated carbocycles. The Balaban J connectivity index is 2.47. The summed E-state index contributed by atoms with van der Waals surface area (Å²) in [6.45, 7) is -0.148. The normalized spacial score (nSPS) is 11.8. The van der Waals surface area contributed by atoms with E-state index in [1.807, 2.05) is 0 Å². The summed E-state index contributed by atoms with van der Waals surface area (Å²) in [6.07, 6.45) is 4.08. The largest absolute Gasteiger partial charge is 0.480 e. The second kappa shape index (κ2) is 5.01. The van der Waals surface area contributed by atoms with Crippen LogP contribution in [0.5, 0.6) is 0 Å². The molecule has 1 aromatic heterocycles. The number of carboxylic acids is 1.